The van der Waals surface area contributed by atoms with Crippen LogP contribution in [0.1, 0.15) is 82.6 Å². The van der Waals surface area contributed by atoms with Crippen LogP contribution in [-0.2, 0) is 0 Å². The zero-order valence-corrected chi connectivity index (χ0v) is 18.0. The van der Waals surface area contributed by atoms with Gasteiger partial charge in [-0.25, -0.2) is 13.2 Å². The van der Waals surface area contributed by atoms with Crippen LogP contribution in [0.2, 0.25) is 0 Å². The Morgan fingerprint density at radius 2 is 1.57 bits per heavy atom. The molecule has 30 heavy (non-hydrogen) atoms. The lowest BCUT2D eigenvalue weighted by atomic mass is 9.63. The molecule has 0 amide bonds. The lowest BCUT2D eigenvalue weighted by Crippen LogP contribution is -2.30. The van der Waals surface area contributed by atoms with Gasteiger partial charge < -0.3 is 0 Å². The molecule has 0 aromatic heterocycles. The molecule has 0 nitrogen and oxygen atoms in total. The van der Waals surface area contributed by atoms with Crippen LogP contribution in [-0.4, -0.2) is 0 Å². The third-order valence-electron chi connectivity index (χ3n) is 7.63. The molecule has 2 aliphatic rings. The topological polar surface area (TPSA) is 0 Å². The van der Waals surface area contributed by atoms with Crippen molar-refractivity contribution in [1.29, 1.82) is 0 Å². The zero-order valence-electron chi connectivity index (χ0n) is 18.0. The predicted octanol–water partition coefficient (Wildman–Crippen LogP) is 8.65. The van der Waals surface area contributed by atoms with Crippen molar-refractivity contribution in [3.8, 4) is 11.1 Å². The van der Waals surface area contributed by atoms with Gasteiger partial charge >= 0.3 is 0 Å². The third-order valence-corrected chi connectivity index (χ3v) is 7.63. The minimum atomic E-state index is -0.945. The summed E-state index contributed by atoms with van der Waals surface area (Å²) >= 11 is 0. The van der Waals surface area contributed by atoms with Crippen LogP contribution in [0.4, 0.5) is 13.2 Å². The molecule has 0 radical (unpaired) electrons. The minimum absolute atomic E-state index is 0.332. The second-order valence-electron chi connectivity index (χ2n) is 9.57. The fraction of sp³-hybridized carbons (Fsp3) is 0.556. The molecule has 0 N–H and O–H groups in total. The van der Waals surface area contributed by atoms with Gasteiger partial charge in [0.2, 0.25) is 0 Å². The van der Waals surface area contributed by atoms with E-state index in [1.165, 1.54) is 57.4 Å². The summed E-state index contributed by atoms with van der Waals surface area (Å²) in [7, 11) is 0. The molecule has 0 bridgehead atoms. The molecule has 3 heteroatoms. The molecule has 0 heterocycles. The van der Waals surface area contributed by atoms with Crippen LogP contribution >= 0.6 is 0 Å². The minimum Gasteiger partial charge on any atom is -0.206 e. The number of unbranched alkanes of at least 4 members (excludes halogenated alkanes) is 2. The molecule has 1 unspecified atom stereocenters. The maximum Gasteiger partial charge on any atom is 0.159 e. The fourth-order valence-electron chi connectivity index (χ4n) is 5.92. The molecule has 2 aromatic rings. The molecule has 4 atom stereocenters. The summed E-state index contributed by atoms with van der Waals surface area (Å²) in [4.78, 5) is 0. The second-order valence-corrected chi connectivity index (χ2v) is 9.57. The standard InChI is InChI=1S/C27H33F3/c1-2-3-4-5-18-6-7-20-15-21(9-8-19(20)14-18)22-10-12-24(26(29)16-22)23-11-13-25(28)27(30)17-23/h10-13,16-21H,2-9,14-15H2,1H3/t18?,19-,20-,21-/m1/s1. The number of halogens is 3. The first-order valence-corrected chi connectivity index (χ1v) is 11.8. The van der Waals surface area contributed by atoms with E-state index in [0.29, 0.717) is 17.0 Å². The maximum atomic E-state index is 14.8. The second kappa shape index (κ2) is 9.58. The summed E-state index contributed by atoms with van der Waals surface area (Å²) < 4.78 is 41.6. The number of hydrogen-bond donors (Lipinski definition) is 0. The highest BCUT2D eigenvalue weighted by Gasteiger charge is 2.35. The quantitative estimate of drug-likeness (QED) is 0.415. The van der Waals surface area contributed by atoms with Gasteiger partial charge in [-0.3, -0.25) is 0 Å². The molecule has 0 aliphatic heterocycles. The highest BCUT2D eigenvalue weighted by molar-refractivity contribution is 5.64. The van der Waals surface area contributed by atoms with E-state index in [9.17, 15) is 13.2 Å². The molecule has 4 rings (SSSR count). The van der Waals surface area contributed by atoms with Crippen LogP contribution in [0.5, 0.6) is 0 Å². The fourth-order valence-corrected chi connectivity index (χ4v) is 5.92. The SMILES string of the molecule is CCCCCC1CC[C@@H]2C[C@H](c3ccc(-c4ccc(F)c(F)c4)c(F)c3)CC[C@@H]2C1. The van der Waals surface area contributed by atoms with Crippen molar-refractivity contribution in [3.63, 3.8) is 0 Å². The summed E-state index contributed by atoms with van der Waals surface area (Å²) in [5.41, 5.74) is 1.77. The summed E-state index contributed by atoms with van der Waals surface area (Å²) in [5, 5.41) is 0. The Hall–Kier alpha value is -1.77. The smallest absolute Gasteiger partial charge is 0.159 e. The largest absolute Gasteiger partial charge is 0.206 e. The Kier molecular flexibility index (Phi) is 6.85. The lowest BCUT2D eigenvalue weighted by Gasteiger charge is -2.42. The first-order valence-electron chi connectivity index (χ1n) is 11.8. The normalized spacial score (nSPS) is 26.4. The molecule has 0 spiro atoms. The van der Waals surface area contributed by atoms with Crippen molar-refractivity contribution >= 4 is 0 Å². The first kappa shape index (κ1) is 21.5. The van der Waals surface area contributed by atoms with Gasteiger partial charge in [-0.1, -0.05) is 57.2 Å². The van der Waals surface area contributed by atoms with E-state index in [0.717, 1.165) is 48.3 Å². The molecular formula is C27H33F3. The van der Waals surface area contributed by atoms with Gasteiger partial charge in [-0.05, 0) is 85.1 Å². The van der Waals surface area contributed by atoms with Crippen LogP contribution in [0.25, 0.3) is 11.1 Å². The molecule has 2 fully saturated rings. The Bertz CT molecular complexity index is 859. The highest BCUT2D eigenvalue weighted by atomic mass is 19.2. The van der Waals surface area contributed by atoms with Crippen LogP contribution in [0.3, 0.4) is 0 Å². The number of fused-ring (bicyclic) bond motifs is 1. The predicted molar refractivity (Wildman–Crippen MR) is 117 cm³/mol. The number of hydrogen-bond acceptors (Lipinski definition) is 0. The van der Waals surface area contributed by atoms with Crippen molar-refractivity contribution in [2.45, 2.75) is 77.0 Å². The van der Waals surface area contributed by atoms with Crippen molar-refractivity contribution in [3.05, 3.63) is 59.4 Å². The molecular weight excluding hydrogens is 381 g/mol. The Balaban J connectivity index is 1.40. The summed E-state index contributed by atoms with van der Waals surface area (Å²) in [5.74, 6) is 0.763. The first-order chi connectivity index (χ1) is 14.5. The van der Waals surface area contributed by atoms with E-state index in [1.54, 1.807) is 12.1 Å². The van der Waals surface area contributed by atoms with Crippen molar-refractivity contribution < 1.29 is 13.2 Å². The Morgan fingerprint density at radius 3 is 2.33 bits per heavy atom. The average molecular weight is 415 g/mol. The van der Waals surface area contributed by atoms with Crippen molar-refractivity contribution in [2.24, 2.45) is 17.8 Å². The summed E-state index contributed by atoms with van der Waals surface area (Å²) in [6.07, 6.45) is 13.1. The van der Waals surface area contributed by atoms with Gasteiger partial charge in [0.05, 0.1) is 0 Å². The van der Waals surface area contributed by atoms with Crippen molar-refractivity contribution in [1.82, 2.24) is 0 Å². The Morgan fingerprint density at radius 1 is 0.767 bits per heavy atom. The van der Waals surface area contributed by atoms with Crippen LogP contribution in [0.15, 0.2) is 36.4 Å². The third kappa shape index (κ3) is 4.76. The van der Waals surface area contributed by atoms with E-state index in [4.69, 9.17) is 0 Å². The van der Waals surface area contributed by atoms with Gasteiger partial charge in [0.15, 0.2) is 11.6 Å². The van der Waals surface area contributed by atoms with E-state index in [2.05, 4.69) is 6.92 Å². The zero-order chi connectivity index (χ0) is 21.1. The number of rotatable bonds is 6. The van der Waals surface area contributed by atoms with Gasteiger partial charge in [-0.15, -0.1) is 0 Å². The van der Waals surface area contributed by atoms with E-state index >= 15 is 0 Å². The van der Waals surface area contributed by atoms with E-state index in [-0.39, 0.29) is 5.82 Å². The molecule has 2 saturated carbocycles. The molecule has 162 valence electrons. The molecule has 2 aliphatic carbocycles. The maximum absolute atomic E-state index is 14.8. The van der Waals surface area contributed by atoms with Crippen LogP contribution < -0.4 is 0 Å². The van der Waals surface area contributed by atoms with Gasteiger partial charge in [0.25, 0.3) is 0 Å². The summed E-state index contributed by atoms with van der Waals surface area (Å²) in [6, 6.07) is 8.89. The van der Waals surface area contributed by atoms with Crippen LogP contribution in [0, 0.1) is 35.2 Å². The van der Waals surface area contributed by atoms with Gasteiger partial charge in [0.1, 0.15) is 5.82 Å². The molecule has 0 saturated heterocycles. The van der Waals surface area contributed by atoms with Gasteiger partial charge in [0, 0.05) is 5.56 Å². The average Bonchev–Trinajstić information content (AvgIpc) is 2.75. The van der Waals surface area contributed by atoms with Gasteiger partial charge in [-0.2, -0.15) is 0 Å². The Labute approximate surface area is 178 Å². The number of benzene rings is 2. The summed E-state index contributed by atoms with van der Waals surface area (Å²) in [6.45, 7) is 2.27. The molecule has 2 aromatic carbocycles. The highest BCUT2D eigenvalue weighted by Crippen LogP contribution is 2.48. The van der Waals surface area contributed by atoms with Crippen molar-refractivity contribution in [2.75, 3.05) is 0 Å². The van der Waals surface area contributed by atoms with E-state index < -0.39 is 11.6 Å². The lowest BCUT2D eigenvalue weighted by molar-refractivity contribution is 0.113. The monoisotopic (exact) mass is 414 g/mol. The van der Waals surface area contributed by atoms with E-state index in [1.807, 2.05) is 6.07 Å².